The Hall–Kier alpha value is -4.84. The number of hydroxylamine groups is 1. The van der Waals surface area contributed by atoms with Crippen LogP contribution in [0.1, 0.15) is 84.5 Å². The van der Waals surface area contributed by atoms with E-state index >= 15 is 0 Å². The molecule has 0 aromatic rings. The number of urea groups is 1. The third kappa shape index (κ3) is 20.5. The van der Waals surface area contributed by atoms with Crippen molar-refractivity contribution in [3.8, 4) is 0 Å². The van der Waals surface area contributed by atoms with E-state index in [9.17, 15) is 53.1 Å². The minimum absolute atomic E-state index is 0.0215. The molecule has 2 aliphatic heterocycles. The highest BCUT2D eigenvalue weighted by Crippen LogP contribution is 2.33. The molecule has 0 aromatic carbocycles. The van der Waals surface area contributed by atoms with Crippen molar-refractivity contribution < 1.29 is 58.3 Å². The van der Waals surface area contributed by atoms with Crippen LogP contribution in [0.2, 0.25) is 0 Å². The Bertz CT molecular complexity index is 1560. The maximum absolute atomic E-state index is 13.3. The molecule has 24 heteroatoms. The summed E-state index contributed by atoms with van der Waals surface area (Å²) >= 11 is 3.18. The Kier molecular flexibility index (Phi) is 23.9. The molecule has 0 saturated carbocycles. The Morgan fingerprint density at radius 1 is 0.787 bits per heavy atom. The summed E-state index contributed by atoms with van der Waals surface area (Å²) in [5.41, 5.74) is 6.93. The van der Waals surface area contributed by atoms with E-state index in [0.717, 1.165) is 18.6 Å². The number of rotatable bonds is 30. The number of carbonyl (C=O) groups excluding carboxylic acids is 9. The first-order chi connectivity index (χ1) is 28.9. The van der Waals surface area contributed by atoms with E-state index in [-0.39, 0.29) is 55.6 Å². The van der Waals surface area contributed by atoms with Gasteiger partial charge >= 0.3 is 12.0 Å². The molecule has 2 rings (SSSR count). The summed E-state index contributed by atoms with van der Waals surface area (Å²) in [6.45, 7) is 2.70. The van der Waals surface area contributed by atoms with Gasteiger partial charge in [-0.2, -0.15) is 23.5 Å². The van der Waals surface area contributed by atoms with Crippen LogP contribution in [0, 0.1) is 11.8 Å². The molecule has 10 amide bonds. The highest BCUT2D eigenvalue weighted by atomic mass is 32.2. The van der Waals surface area contributed by atoms with Gasteiger partial charge in [-0.1, -0.05) is 20.3 Å². The number of fused-ring (bicyclic) bond motifs is 1. The Labute approximate surface area is 363 Å². The van der Waals surface area contributed by atoms with E-state index in [1.165, 1.54) is 17.2 Å². The summed E-state index contributed by atoms with van der Waals surface area (Å²) in [6.07, 6.45) is 4.82. The average molecular weight is 903 g/mol. The number of carboxylic acid groups (broad SMARTS) is 1. The lowest BCUT2D eigenvalue weighted by Crippen LogP contribution is -2.56. The Balaban J connectivity index is 1.75. The molecule has 0 aliphatic carbocycles. The van der Waals surface area contributed by atoms with Gasteiger partial charge in [-0.15, -0.1) is 0 Å². The van der Waals surface area contributed by atoms with Crippen molar-refractivity contribution >= 4 is 82.8 Å². The van der Waals surface area contributed by atoms with Gasteiger partial charge in [0.25, 0.3) is 0 Å². The quantitative estimate of drug-likeness (QED) is 0.0160. The van der Waals surface area contributed by atoms with Crippen LogP contribution >= 0.6 is 23.5 Å². The molecule has 0 bridgehead atoms. The van der Waals surface area contributed by atoms with Crippen LogP contribution in [0.5, 0.6) is 0 Å². The monoisotopic (exact) mass is 902 g/mol. The van der Waals surface area contributed by atoms with E-state index < -0.39 is 90.9 Å². The van der Waals surface area contributed by atoms with Gasteiger partial charge in [0, 0.05) is 36.3 Å². The third-order valence-corrected chi connectivity index (χ3v) is 12.0. The number of nitrogens with one attached hydrogen (secondary N) is 9. The molecule has 2 saturated heterocycles. The van der Waals surface area contributed by atoms with Gasteiger partial charge < -0.3 is 53.4 Å². The summed E-state index contributed by atoms with van der Waals surface area (Å²) in [6, 6.07) is -3.79. The fourth-order valence-corrected chi connectivity index (χ4v) is 8.71. The molecule has 13 N–H and O–H groups in total. The molecule has 2 aliphatic rings. The zero-order valence-corrected chi connectivity index (χ0v) is 36.4. The van der Waals surface area contributed by atoms with Crippen molar-refractivity contribution in [2.24, 2.45) is 17.6 Å². The van der Waals surface area contributed by atoms with Crippen LogP contribution in [-0.2, 0) is 43.2 Å². The van der Waals surface area contributed by atoms with Crippen molar-refractivity contribution in [3.63, 3.8) is 0 Å². The number of hydrogen-bond donors (Lipinski definition) is 12. The molecule has 0 aromatic heterocycles. The number of aliphatic carboxylic acids is 1. The van der Waals surface area contributed by atoms with Crippen molar-refractivity contribution in [3.05, 3.63) is 0 Å². The predicted molar refractivity (Wildman–Crippen MR) is 225 cm³/mol. The van der Waals surface area contributed by atoms with Gasteiger partial charge in [0.05, 0.1) is 31.6 Å². The third-order valence-electron chi connectivity index (χ3n) is 9.81. The number of carbonyl (C=O) groups is 10. The molecule has 22 nitrogen and oxygen atoms in total. The Morgan fingerprint density at radius 2 is 1.49 bits per heavy atom. The van der Waals surface area contributed by atoms with Crippen LogP contribution in [-0.4, -0.2) is 142 Å². The molecule has 344 valence electrons. The largest absolute Gasteiger partial charge is 0.481 e. The van der Waals surface area contributed by atoms with Crippen LogP contribution in [0.3, 0.4) is 0 Å². The minimum atomic E-state index is -1.66. The van der Waals surface area contributed by atoms with Crippen LogP contribution in [0.15, 0.2) is 0 Å². The van der Waals surface area contributed by atoms with Crippen LogP contribution in [0.4, 0.5) is 4.79 Å². The maximum Gasteiger partial charge on any atom is 0.315 e. The van der Waals surface area contributed by atoms with Crippen molar-refractivity contribution in [2.75, 3.05) is 37.4 Å². The summed E-state index contributed by atoms with van der Waals surface area (Å²) in [7, 11) is 0. The number of amides is 10. The number of primary amides is 1. The lowest BCUT2D eigenvalue weighted by Gasteiger charge is -2.25. The number of carboxylic acids is 1. The predicted octanol–water partition coefficient (Wildman–Crippen LogP) is -2.04. The maximum atomic E-state index is 13.3. The summed E-state index contributed by atoms with van der Waals surface area (Å²) in [4.78, 5) is 123. The van der Waals surface area contributed by atoms with Crippen LogP contribution in [0.25, 0.3) is 0 Å². The van der Waals surface area contributed by atoms with E-state index in [1.807, 2.05) is 25.6 Å². The standard InChI is InChI=1S/C37H62N10O12S2/c1-20(2)14-21(15-28(49)47-59)34(55)43-23(11-13-60-3)36(57)44-24(16-31(52)53)35(56)41-17-29(50)40-18-30(51)42-22(33(38)54)8-6-7-12-39-27(48)10-5-4-9-26-32-25(19-61-26)45-37(58)46-32/h20-26,32,59H,4-19H2,1-3H3,(H2,38,54)(H,39,48)(H,40,50)(H,41,56)(H,42,51)(H,43,55)(H,44,57)(H,47,49)(H,52,53)(H2,45,46,58)/t21?,22-,23-,24-,25-,26-,32-/m0/s1. The number of nitrogens with two attached hydrogens (primary N) is 1. The molecule has 0 radical (unpaired) electrons. The number of unbranched alkanes of at least 4 members (excludes halogenated alkanes) is 2. The van der Waals surface area contributed by atoms with Crippen LogP contribution < -0.4 is 53.7 Å². The van der Waals surface area contributed by atoms with Crippen molar-refractivity contribution in [2.45, 2.75) is 120 Å². The first kappa shape index (κ1) is 52.3. The Morgan fingerprint density at radius 3 is 2.15 bits per heavy atom. The molecule has 2 heterocycles. The van der Waals surface area contributed by atoms with E-state index in [0.29, 0.717) is 43.2 Å². The molecule has 61 heavy (non-hydrogen) atoms. The van der Waals surface area contributed by atoms with E-state index in [2.05, 4.69) is 42.5 Å². The first-order valence-corrected chi connectivity index (χ1v) is 22.7. The van der Waals surface area contributed by atoms with Gasteiger partial charge in [-0.25, -0.2) is 10.3 Å². The summed E-state index contributed by atoms with van der Waals surface area (Å²) in [5.74, 6) is -6.99. The molecular formula is C37H62N10O12S2. The summed E-state index contributed by atoms with van der Waals surface area (Å²) < 4.78 is 0. The normalized spacial score (nSPS) is 18.5. The van der Waals surface area contributed by atoms with Gasteiger partial charge in [-0.3, -0.25) is 48.4 Å². The highest BCUT2D eigenvalue weighted by Gasteiger charge is 2.42. The average Bonchev–Trinajstić information content (AvgIpc) is 3.76. The molecule has 7 atom stereocenters. The highest BCUT2D eigenvalue weighted by molar-refractivity contribution is 8.00. The zero-order chi connectivity index (χ0) is 45.5. The fraction of sp³-hybridized carbons (Fsp3) is 0.730. The topological polar surface area (TPSA) is 345 Å². The van der Waals surface area contributed by atoms with Crippen molar-refractivity contribution in [1.29, 1.82) is 0 Å². The van der Waals surface area contributed by atoms with Gasteiger partial charge in [0.1, 0.15) is 18.1 Å². The van der Waals surface area contributed by atoms with Gasteiger partial charge in [0.2, 0.25) is 47.3 Å². The second-order valence-electron chi connectivity index (χ2n) is 15.3. The second kappa shape index (κ2) is 27.9. The smallest absolute Gasteiger partial charge is 0.315 e. The number of hydrogen-bond acceptors (Lipinski definition) is 13. The zero-order valence-electron chi connectivity index (χ0n) is 34.8. The lowest BCUT2D eigenvalue weighted by molar-refractivity contribution is -0.141. The first-order valence-electron chi connectivity index (χ1n) is 20.3. The molecule has 2 fully saturated rings. The van der Waals surface area contributed by atoms with E-state index in [4.69, 9.17) is 10.9 Å². The fourth-order valence-electron chi connectivity index (χ4n) is 6.70. The minimum Gasteiger partial charge on any atom is -0.481 e. The molecule has 0 spiro atoms. The molecular weight excluding hydrogens is 841 g/mol. The second-order valence-corrected chi connectivity index (χ2v) is 17.6. The summed E-state index contributed by atoms with van der Waals surface area (Å²) in [5, 5.41) is 39.2. The SMILES string of the molecule is CSCC[C@H](NC(=O)C(CC(=O)NO)CC(C)C)C(=O)N[C@@H](CC(=O)O)C(=O)NCC(=O)NCC(=O)N[C@@H](CCCCNC(=O)CCCC[C@@H]1SC[C@@H]2NC(=O)N[C@@H]21)C(N)=O. The van der Waals surface area contributed by atoms with Gasteiger partial charge in [-0.05, 0) is 62.9 Å². The molecule has 1 unspecified atom stereocenters. The van der Waals surface area contributed by atoms with Crippen molar-refractivity contribution in [1.82, 2.24) is 48.0 Å². The van der Waals surface area contributed by atoms with Gasteiger partial charge in [0.15, 0.2) is 0 Å². The lowest BCUT2D eigenvalue weighted by atomic mass is 9.92. The van der Waals surface area contributed by atoms with E-state index in [1.54, 1.807) is 6.26 Å². The number of thioether (sulfide) groups is 2.